The van der Waals surface area contributed by atoms with Gasteiger partial charge in [0.25, 0.3) is 0 Å². The van der Waals surface area contributed by atoms with Crippen molar-refractivity contribution in [2.24, 2.45) is 35.5 Å². The van der Waals surface area contributed by atoms with Gasteiger partial charge in [-0.25, -0.2) is 4.39 Å². The van der Waals surface area contributed by atoms with E-state index in [9.17, 15) is 13.2 Å². The van der Waals surface area contributed by atoms with Gasteiger partial charge in [-0.15, -0.1) is 0 Å². The smallest absolute Gasteiger partial charge is 0.400 e. The van der Waals surface area contributed by atoms with Crippen LogP contribution in [0.1, 0.15) is 96.8 Å². The Labute approximate surface area is 216 Å². The zero-order chi connectivity index (χ0) is 25.4. The minimum atomic E-state index is -3.26. The normalized spacial score (nSPS) is 31.6. The monoisotopic (exact) mass is 502 g/mol. The van der Waals surface area contributed by atoms with Crippen LogP contribution in [-0.2, 0) is 0 Å². The van der Waals surface area contributed by atoms with E-state index in [0.29, 0.717) is 24.7 Å². The Kier molecular flexibility index (Phi) is 10.0. The molecule has 200 valence electrons. The molecule has 0 heterocycles. The van der Waals surface area contributed by atoms with Crippen molar-refractivity contribution in [1.29, 1.82) is 0 Å². The summed E-state index contributed by atoms with van der Waals surface area (Å²) in [5.74, 6) is 2.35. The average Bonchev–Trinajstić information content (AvgIpc) is 2.88. The number of allylic oxidation sites excluding steroid dienone is 4. The molecule has 2 atom stereocenters. The lowest BCUT2D eigenvalue weighted by atomic mass is 9.71. The molecular weight excluding hydrogens is 457 g/mol. The molecule has 2 saturated carbocycles. The molecule has 36 heavy (non-hydrogen) atoms. The number of ether oxygens (including phenoxy) is 1. The molecule has 4 rings (SSSR count). The van der Waals surface area contributed by atoms with Gasteiger partial charge in [-0.2, -0.15) is 8.78 Å². The van der Waals surface area contributed by atoms with Crippen LogP contribution in [0.25, 0.3) is 0 Å². The molecule has 0 spiro atoms. The van der Waals surface area contributed by atoms with E-state index in [1.807, 2.05) is 0 Å². The molecule has 0 saturated heterocycles. The van der Waals surface area contributed by atoms with Crippen LogP contribution in [0, 0.1) is 41.3 Å². The first-order valence-corrected chi connectivity index (χ1v) is 14.6. The predicted molar refractivity (Wildman–Crippen MR) is 142 cm³/mol. The van der Waals surface area contributed by atoms with E-state index in [4.69, 9.17) is 4.74 Å². The van der Waals surface area contributed by atoms with Gasteiger partial charge in [-0.05, 0) is 106 Å². The van der Waals surface area contributed by atoms with Crippen LogP contribution < -0.4 is 4.74 Å². The lowest BCUT2D eigenvalue weighted by Crippen LogP contribution is -2.37. The fraction of sp³-hybridized carbons (Fsp3) is 0.688. The molecule has 3 aliphatic carbocycles. The van der Waals surface area contributed by atoms with Gasteiger partial charge in [0.05, 0.1) is 5.92 Å². The highest BCUT2D eigenvalue weighted by Gasteiger charge is 2.43. The minimum Gasteiger partial charge on any atom is -0.432 e. The van der Waals surface area contributed by atoms with Crippen LogP contribution in [0.5, 0.6) is 5.75 Å². The summed E-state index contributed by atoms with van der Waals surface area (Å²) in [6.45, 7) is 2.31. The van der Waals surface area contributed by atoms with Crippen molar-refractivity contribution in [2.45, 2.75) is 103 Å². The molecule has 0 aliphatic heterocycles. The third-order valence-corrected chi connectivity index (χ3v) is 9.14. The van der Waals surface area contributed by atoms with Crippen LogP contribution in [0.4, 0.5) is 13.2 Å². The summed E-state index contributed by atoms with van der Waals surface area (Å²) in [6, 6.07) is 5.02. The maximum atomic E-state index is 14.6. The first-order chi connectivity index (χ1) is 17.4. The maximum Gasteiger partial charge on any atom is 0.400 e. The van der Waals surface area contributed by atoms with Gasteiger partial charge in [-0.3, -0.25) is 0 Å². The second-order valence-corrected chi connectivity index (χ2v) is 11.7. The number of hydrogen-bond acceptors (Lipinski definition) is 1. The Morgan fingerprint density at radius 1 is 0.861 bits per heavy atom. The van der Waals surface area contributed by atoms with E-state index >= 15 is 0 Å². The highest BCUT2D eigenvalue weighted by Crippen LogP contribution is 2.42. The van der Waals surface area contributed by atoms with Gasteiger partial charge in [0, 0.05) is 6.07 Å². The molecule has 3 aliphatic rings. The van der Waals surface area contributed by atoms with Crippen molar-refractivity contribution in [1.82, 2.24) is 0 Å². The number of benzene rings is 1. The molecule has 1 aromatic carbocycles. The molecular formula is C32H45F3O. The van der Waals surface area contributed by atoms with Crippen molar-refractivity contribution >= 4 is 0 Å². The Bertz CT molecular complexity index is 847. The van der Waals surface area contributed by atoms with E-state index in [-0.39, 0.29) is 5.75 Å². The summed E-state index contributed by atoms with van der Waals surface area (Å²) in [5, 5.41) is 0. The van der Waals surface area contributed by atoms with Crippen LogP contribution in [0.15, 0.2) is 48.6 Å². The first-order valence-electron chi connectivity index (χ1n) is 14.6. The van der Waals surface area contributed by atoms with E-state index in [2.05, 4.69) is 31.2 Å². The van der Waals surface area contributed by atoms with Gasteiger partial charge in [0.2, 0.25) is 0 Å². The van der Waals surface area contributed by atoms with Crippen LogP contribution in [0.2, 0.25) is 0 Å². The summed E-state index contributed by atoms with van der Waals surface area (Å²) in [5.41, 5.74) is 0. The molecule has 1 nitrogen and oxygen atoms in total. The standard InChI is InChI=1S/C32H45F3O/c1-2-6-24-11-17-27(18-12-24)28-19-13-25(14-20-28)7-3-4-8-26-15-21-29(22-16-26)32(34,35)36-31-10-5-9-30(33)23-31/h3-5,9-10,13,19,23-29H,2,6-8,11-12,14-18,20-22H2,1H3/b4-3-. The van der Waals surface area contributed by atoms with Crippen molar-refractivity contribution in [3.63, 3.8) is 0 Å². The fourth-order valence-electron chi connectivity index (χ4n) is 6.87. The average molecular weight is 503 g/mol. The van der Waals surface area contributed by atoms with E-state index in [0.717, 1.165) is 49.5 Å². The molecule has 1 aromatic rings. The summed E-state index contributed by atoms with van der Waals surface area (Å²) in [7, 11) is 0. The topological polar surface area (TPSA) is 9.23 Å². The van der Waals surface area contributed by atoms with Crippen LogP contribution in [0.3, 0.4) is 0 Å². The number of alkyl halides is 2. The molecule has 0 N–H and O–H groups in total. The van der Waals surface area contributed by atoms with Gasteiger partial charge < -0.3 is 4.74 Å². The second kappa shape index (κ2) is 13.2. The van der Waals surface area contributed by atoms with Gasteiger partial charge in [0.1, 0.15) is 11.6 Å². The molecule has 2 unspecified atom stereocenters. The highest BCUT2D eigenvalue weighted by atomic mass is 19.3. The number of hydrogen-bond donors (Lipinski definition) is 0. The molecule has 4 heteroatoms. The van der Waals surface area contributed by atoms with Crippen molar-refractivity contribution in [3.8, 4) is 5.75 Å². The molecule has 0 aromatic heterocycles. The largest absolute Gasteiger partial charge is 0.432 e. The Morgan fingerprint density at radius 2 is 1.58 bits per heavy atom. The quantitative estimate of drug-likeness (QED) is 0.289. The van der Waals surface area contributed by atoms with Gasteiger partial charge in [-0.1, -0.05) is 63.0 Å². The Balaban J connectivity index is 1.12. The predicted octanol–water partition coefficient (Wildman–Crippen LogP) is 10.1. The zero-order valence-corrected chi connectivity index (χ0v) is 22.0. The number of rotatable bonds is 10. The zero-order valence-electron chi connectivity index (χ0n) is 22.0. The second-order valence-electron chi connectivity index (χ2n) is 11.7. The molecule has 2 fully saturated rings. The van der Waals surface area contributed by atoms with E-state index in [1.165, 1.54) is 69.6 Å². The van der Waals surface area contributed by atoms with Gasteiger partial charge >= 0.3 is 6.11 Å². The minimum absolute atomic E-state index is 0.104. The highest BCUT2D eigenvalue weighted by molar-refractivity contribution is 5.22. The van der Waals surface area contributed by atoms with Crippen molar-refractivity contribution in [2.75, 3.05) is 0 Å². The maximum absolute atomic E-state index is 14.6. The molecule has 0 radical (unpaired) electrons. The summed E-state index contributed by atoms with van der Waals surface area (Å²) in [6.07, 6.45) is 22.0. The Morgan fingerprint density at radius 3 is 2.25 bits per heavy atom. The van der Waals surface area contributed by atoms with Crippen LogP contribution >= 0.6 is 0 Å². The lowest BCUT2D eigenvalue weighted by molar-refractivity contribution is -0.223. The van der Waals surface area contributed by atoms with Crippen molar-refractivity contribution < 1.29 is 17.9 Å². The fourth-order valence-corrected chi connectivity index (χ4v) is 6.87. The van der Waals surface area contributed by atoms with Gasteiger partial charge in [0.15, 0.2) is 0 Å². The molecule has 0 bridgehead atoms. The first kappa shape index (κ1) is 27.3. The van der Waals surface area contributed by atoms with E-state index < -0.39 is 17.8 Å². The summed E-state index contributed by atoms with van der Waals surface area (Å²) in [4.78, 5) is 0. The van der Waals surface area contributed by atoms with Crippen molar-refractivity contribution in [3.05, 3.63) is 54.4 Å². The van der Waals surface area contributed by atoms with E-state index in [1.54, 1.807) is 0 Å². The Hall–Kier alpha value is -1.71. The summed E-state index contributed by atoms with van der Waals surface area (Å²) >= 11 is 0. The third-order valence-electron chi connectivity index (χ3n) is 9.14. The SMILES string of the molecule is CCCC1CCC(C2C=CC(C/C=C\CC3CCC(C(F)(F)Oc4cccc(F)c4)CC3)CC2)CC1. The molecule has 0 amide bonds. The number of halogens is 3. The lowest BCUT2D eigenvalue weighted by Gasteiger charge is -2.35. The third kappa shape index (κ3) is 7.89. The summed E-state index contributed by atoms with van der Waals surface area (Å²) < 4.78 is 47.4. The van der Waals surface area contributed by atoms with Crippen LogP contribution in [-0.4, -0.2) is 6.11 Å².